The van der Waals surface area contributed by atoms with Crippen molar-refractivity contribution in [2.24, 2.45) is 0 Å². The third kappa shape index (κ3) is 13.7. The van der Waals surface area contributed by atoms with E-state index in [4.69, 9.17) is 4.74 Å². The van der Waals surface area contributed by atoms with E-state index < -0.39 is 195 Å². The molecule has 0 aliphatic carbocycles. The van der Waals surface area contributed by atoms with Crippen molar-refractivity contribution in [3.63, 3.8) is 0 Å². The Balaban J connectivity index is 0.000000276. The number of fused-ring (bicyclic) bond motifs is 3. The van der Waals surface area contributed by atoms with Gasteiger partial charge in [0.05, 0.1) is 50.7 Å². The van der Waals surface area contributed by atoms with Crippen LogP contribution < -0.4 is 31.2 Å². The highest BCUT2D eigenvalue weighted by molar-refractivity contribution is 7.20. The topological polar surface area (TPSA) is 26.0 Å². The number of rotatable bonds is 8. The van der Waals surface area contributed by atoms with Crippen LogP contribution in [0.3, 0.4) is 0 Å². The highest BCUT2D eigenvalue weighted by atomic mass is 19.4. The Morgan fingerprint density at radius 1 is 0.341 bits per heavy atom. The fourth-order valence-electron chi connectivity index (χ4n) is 9.66. The number of nitrogens with zero attached hydrogens (tertiary/aromatic N) is 2. The fraction of sp³-hybridized carbons (Fsp3) is 0.158. The Kier molecular flexibility index (Phi) is 16.3. The second-order valence-electron chi connectivity index (χ2n) is 19.0. The van der Waals surface area contributed by atoms with Crippen LogP contribution in [-0.4, -0.2) is 11.1 Å². The minimum atomic E-state index is -6.13. The number of benzene rings is 8. The predicted molar refractivity (Wildman–Crippen MR) is 262 cm³/mol. The van der Waals surface area contributed by atoms with Crippen molar-refractivity contribution in [2.45, 2.75) is 56.0 Å². The third-order valence-electron chi connectivity index (χ3n) is 13.4. The number of ether oxygens (including phenoxy) is 1. The van der Waals surface area contributed by atoms with E-state index in [-0.39, 0.29) is 0 Å². The molecule has 0 fully saturated rings. The van der Waals surface area contributed by atoms with Gasteiger partial charge in [-0.2, -0.15) is 132 Å². The van der Waals surface area contributed by atoms with Gasteiger partial charge in [0.15, 0.2) is 12.7 Å². The summed E-state index contributed by atoms with van der Waals surface area (Å²) in [6.07, 6.45) is -49.3. The molecule has 0 spiro atoms. The van der Waals surface area contributed by atoms with Crippen LogP contribution in [0, 0.1) is 0 Å². The average Bonchev–Trinajstić information content (AvgIpc) is 0.773. The van der Waals surface area contributed by atoms with Gasteiger partial charge in [-0.15, -0.1) is 0 Å². The first-order valence-electron chi connectivity index (χ1n) is 24.0. The van der Waals surface area contributed by atoms with E-state index in [9.17, 15) is 105 Å². The lowest BCUT2D eigenvalue weighted by molar-refractivity contribution is -0.692. The van der Waals surface area contributed by atoms with Crippen LogP contribution in [-0.2, 0) is 56.0 Å². The first-order chi connectivity index (χ1) is 39.1. The van der Waals surface area contributed by atoms with Gasteiger partial charge in [0.25, 0.3) is 0 Å². The van der Waals surface area contributed by atoms with Crippen LogP contribution in [0.1, 0.15) is 50.1 Å². The SMILES string of the molecule is FC(F)(F)c1cc([B-](c2cc(C(F)(F)F)cc(C(F)(F)F)c2)(c2cc(C(F)(F)F)cc(C(F)(F)F)c2)c2cc(C(F)(F)F)cc(C(F)(F)F)c2)cc(C(F)(F)F)c1.c1ccc(C[n+]2ccncc2Oc2cc3ccccc3c3ccccc23)cc1. The number of aromatic nitrogens is 2. The molecular formula is C57H31BF24N2O. The molecule has 28 heteroatoms. The summed E-state index contributed by atoms with van der Waals surface area (Å²) in [6, 6.07) is 20.4. The molecule has 9 rings (SSSR count). The van der Waals surface area contributed by atoms with Gasteiger partial charge < -0.3 is 4.74 Å². The van der Waals surface area contributed by atoms with Crippen molar-refractivity contribution >= 4 is 49.5 Å². The molecule has 0 amide bonds. The van der Waals surface area contributed by atoms with E-state index in [1.807, 2.05) is 18.3 Å². The predicted octanol–water partition coefficient (Wildman–Crippen LogP) is 16.7. The standard InChI is InChI=1S/C32H12BF24.C25H19N2O/c34-25(35,36)13-1-14(26(37,38)39)6-21(5-13)33(22-7-15(27(40,41)42)2-16(8-22)28(43,44)45,23-9-17(29(46,47)48)3-18(10-23)30(49,50)51)24-11-19(31(52,53)54)4-20(12-24)32(55,56)57;1-2-8-19(9-3-1)18-27-15-14-26-17-25(27)28-24-16-20-10-4-5-11-21(20)22-12-6-7-13-23(22)24/h1-12H;1-17H,18H2/q-1;+1. The lowest BCUT2D eigenvalue weighted by atomic mass is 9.12. The molecule has 0 saturated carbocycles. The second kappa shape index (κ2) is 22.2. The van der Waals surface area contributed by atoms with Gasteiger partial charge >= 0.3 is 55.3 Å². The lowest BCUT2D eigenvalue weighted by Gasteiger charge is -2.46. The third-order valence-corrected chi connectivity index (χ3v) is 13.4. The van der Waals surface area contributed by atoms with E-state index in [0.29, 0.717) is 5.88 Å². The summed E-state index contributed by atoms with van der Waals surface area (Å²) in [5, 5.41) is 4.67. The summed E-state index contributed by atoms with van der Waals surface area (Å²) in [7, 11) is 0. The minimum absolute atomic E-state index is 0.691. The van der Waals surface area contributed by atoms with Gasteiger partial charge in [-0.25, -0.2) is 4.98 Å². The Bertz CT molecular complexity index is 3480. The van der Waals surface area contributed by atoms with E-state index >= 15 is 0 Å². The maximum Gasteiger partial charge on any atom is 0.416 e. The molecule has 0 unspecified atom stereocenters. The van der Waals surface area contributed by atoms with Crippen LogP contribution in [0.2, 0.25) is 0 Å². The molecule has 9 aromatic rings. The maximum atomic E-state index is 14.2. The van der Waals surface area contributed by atoms with E-state index in [1.165, 1.54) is 16.3 Å². The fourth-order valence-corrected chi connectivity index (χ4v) is 9.66. The normalized spacial score (nSPS) is 13.2. The zero-order chi connectivity index (χ0) is 62.7. The smallest absolute Gasteiger partial charge is 0.403 e. The molecule has 8 aromatic carbocycles. The lowest BCUT2D eigenvalue weighted by Crippen LogP contribution is -2.75. The van der Waals surface area contributed by atoms with Gasteiger partial charge in [-0.3, -0.25) is 0 Å². The summed E-state index contributed by atoms with van der Waals surface area (Å²) in [6.45, 7) is 0.726. The van der Waals surface area contributed by atoms with Crippen molar-refractivity contribution in [3.8, 4) is 11.6 Å². The summed E-state index contributed by atoms with van der Waals surface area (Å²) in [4.78, 5) is 4.28. The van der Waals surface area contributed by atoms with Gasteiger partial charge in [-0.05, 0) is 46.5 Å². The molecule has 1 aromatic heterocycles. The molecule has 0 saturated heterocycles. The van der Waals surface area contributed by atoms with E-state index in [1.54, 1.807) is 12.4 Å². The molecule has 0 radical (unpaired) electrons. The minimum Gasteiger partial charge on any atom is -0.403 e. The summed E-state index contributed by atoms with van der Waals surface area (Å²) < 4.78 is 349. The molecule has 0 N–H and O–H groups in total. The molecule has 3 nitrogen and oxygen atoms in total. The number of halogens is 24. The molecule has 0 bridgehead atoms. The van der Waals surface area contributed by atoms with Crippen LogP contribution >= 0.6 is 0 Å². The monoisotopic (exact) mass is 1230 g/mol. The van der Waals surface area contributed by atoms with Crippen LogP contribution in [0.25, 0.3) is 21.5 Å². The van der Waals surface area contributed by atoms with Crippen molar-refractivity contribution < 1.29 is 115 Å². The molecule has 446 valence electrons. The van der Waals surface area contributed by atoms with Crippen molar-refractivity contribution in [1.82, 2.24) is 4.98 Å². The summed E-state index contributed by atoms with van der Waals surface area (Å²) >= 11 is 0. The molecule has 0 atom stereocenters. The first-order valence-corrected chi connectivity index (χ1v) is 24.0. The largest absolute Gasteiger partial charge is 0.416 e. The van der Waals surface area contributed by atoms with E-state index in [0.717, 1.165) is 23.1 Å². The summed E-state index contributed by atoms with van der Waals surface area (Å²) in [5.74, 6) is 1.55. The second-order valence-corrected chi connectivity index (χ2v) is 19.0. The number of hydrogen-bond acceptors (Lipinski definition) is 2. The Hall–Kier alpha value is -8.46. The highest BCUT2D eigenvalue weighted by Crippen LogP contribution is 2.42. The van der Waals surface area contributed by atoms with Crippen LogP contribution in [0.5, 0.6) is 11.6 Å². The van der Waals surface area contributed by atoms with Crippen LogP contribution in [0.15, 0.2) is 176 Å². The highest BCUT2D eigenvalue weighted by Gasteiger charge is 2.47. The Labute approximate surface area is 462 Å². The van der Waals surface area contributed by atoms with Gasteiger partial charge in [0, 0.05) is 10.9 Å². The first kappa shape index (κ1) is 62.6. The number of alkyl halides is 24. The Morgan fingerprint density at radius 2 is 0.647 bits per heavy atom. The zero-order valence-electron chi connectivity index (χ0n) is 41.9. The quantitative estimate of drug-likeness (QED) is 0.0656. The molecular weight excluding hydrogens is 1200 g/mol. The van der Waals surface area contributed by atoms with Crippen molar-refractivity contribution in [3.05, 3.63) is 226 Å². The Morgan fingerprint density at radius 3 is 0.988 bits per heavy atom. The molecule has 0 aliphatic rings. The van der Waals surface area contributed by atoms with Crippen LogP contribution in [0.4, 0.5) is 105 Å². The van der Waals surface area contributed by atoms with Crippen molar-refractivity contribution in [2.75, 3.05) is 0 Å². The zero-order valence-corrected chi connectivity index (χ0v) is 41.9. The van der Waals surface area contributed by atoms with Gasteiger partial charge in [0.2, 0.25) is 0 Å². The van der Waals surface area contributed by atoms with Gasteiger partial charge in [-0.1, -0.05) is 127 Å². The molecule has 1 heterocycles. The van der Waals surface area contributed by atoms with E-state index in [2.05, 4.69) is 82.3 Å². The number of hydrogen-bond donors (Lipinski definition) is 0. The average molecular weight is 1230 g/mol. The maximum absolute atomic E-state index is 14.2. The molecule has 85 heavy (non-hydrogen) atoms. The summed E-state index contributed by atoms with van der Waals surface area (Å²) in [5.41, 5.74) is -29.0. The van der Waals surface area contributed by atoms with Gasteiger partial charge in [0.1, 0.15) is 18.1 Å². The molecule has 0 aliphatic heterocycles. The van der Waals surface area contributed by atoms with Crippen molar-refractivity contribution in [1.29, 1.82) is 0 Å².